The summed E-state index contributed by atoms with van der Waals surface area (Å²) in [6.07, 6.45) is 5.81. The Hall–Kier alpha value is -1.97. The minimum absolute atomic E-state index is 0. The Morgan fingerprint density at radius 3 is 2.68 bits per heavy atom. The van der Waals surface area contributed by atoms with Gasteiger partial charge in [-0.15, -0.1) is 24.0 Å². The van der Waals surface area contributed by atoms with Crippen molar-refractivity contribution in [2.24, 2.45) is 10.7 Å². The molecule has 0 aromatic heterocycles. The Labute approximate surface area is 184 Å². The molecule has 0 atom stereocenters. The quantitative estimate of drug-likeness (QED) is 0.282. The van der Waals surface area contributed by atoms with Crippen molar-refractivity contribution >= 4 is 41.7 Å². The molecule has 2 heterocycles. The normalized spacial score (nSPS) is 17.4. The van der Waals surface area contributed by atoms with E-state index in [1.165, 1.54) is 5.69 Å². The first-order valence-corrected chi connectivity index (χ1v) is 9.62. The first-order chi connectivity index (χ1) is 13.2. The van der Waals surface area contributed by atoms with Crippen molar-refractivity contribution in [3.8, 4) is 0 Å². The molecular weight excluding hydrogens is 469 g/mol. The van der Waals surface area contributed by atoms with Gasteiger partial charge in [-0.25, -0.2) is 9.79 Å². The first-order valence-electron chi connectivity index (χ1n) is 9.62. The van der Waals surface area contributed by atoms with Gasteiger partial charge in [-0.05, 0) is 37.5 Å². The molecule has 3 N–H and O–H groups in total. The van der Waals surface area contributed by atoms with E-state index in [2.05, 4.69) is 51.6 Å². The molecule has 0 radical (unpaired) electrons. The number of hydrogen-bond donors (Lipinski definition) is 2. The predicted octanol–water partition coefficient (Wildman–Crippen LogP) is 2.71. The van der Waals surface area contributed by atoms with Crippen LogP contribution in [0, 0.1) is 0 Å². The summed E-state index contributed by atoms with van der Waals surface area (Å²) in [7, 11) is 0. The number of carbonyl (C=O) groups is 1. The van der Waals surface area contributed by atoms with E-state index in [1.54, 1.807) is 4.90 Å². The van der Waals surface area contributed by atoms with Gasteiger partial charge in [0.2, 0.25) is 0 Å². The number of ether oxygens (including phenoxy) is 1. The van der Waals surface area contributed by atoms with Crippen molar-refractivity contribution in [2.45, 2.75) is 32.4 Å². The minimum Gasteiger partial charge on any atom is -0.450 e. The fourth-order valence-corrected chi connectivity index (χ4v) is 3.39. The van der Waals surface area contributed by atoms with Crippen molar-refractivity contribution in [1.29, 1.82) is 0 Å². The van der Waals surface area contributed by atoms with Gasteiger partial charge in [-0.3, -0.25) is 0 Å². The fraction of sp³-hybridized carbons (Fsp3) is 0.500. The number of nitrogens with one attached hydrogen (secondary N) is 1. The lowest BCUT2D eigenvalue weighted by Gasteiger charge is -2.31. The summed E-state index contributed by atoms with van der Waals surface area (Å²) in [5.41, 5.74) is 8.42. The van der Waals surface area contributed by atoms with E-state index in [-0.39, 0.29) is 36.1 Å². The summed E-state index contributed by atoms with van der Waals surface area (Å²) < 4.78 is 5.04. The molecule has 1 aromatic rings. The molecule has 8 heteroatoms. The molecule has 0 unspecified atom stereocenters. The van der Waals surface area contributed by atoms with E-state index in [0.717, 1.165) is 31.5 Å². The maximum atomic E-state index is 11.7. The number of carbonyl (C=O) groups excluding carboxylic acids is 1. The highest BCUT2D eigenvalue weighted by Crippen LogP contribution is 2.19. The first kappa shape index (κ1) is 22.3. The van der Waals surface area contributed by atoms with Crippen molar-refractivity contribution in [3.05, 3.63) is 42.0 Å². The summed E-state index contributed by atoms with van der Waals surface area (Å²) in [4.78, 5) is 20.3. The summed E-state index contributed by atoms with van der Waals surface area (Å²) in [5.74, 6) is 0.456. The second-order valence-electron chi connectivity index (χ2n) is 6.85. The van der Waals surface area contributed by atoms with E-state index < -0.39 is 0 Å². The van der Waals surface area contributed by atoms with Gasteiger partial charge in [0, 0.05) is 37.9 Å². The third-order valence-corrected chi connectivity index (χ3v) is 4.90. The highest BCUT2D eigenvalue weighted by molar-refractivity contribution is 14.0. The molecule has 2 aliphatic heterocycles. The Kier molecular flexibility index (Phi) is 8.88. The summed E-state index contributed by atoms with van der Waals surface area (Å²) >= 11 is 0. The summed E-state index contributed by atoms with van der Waals surface area (Å²) in [5, 5.41) is 3.28. The van der Waals surface area contributed by atoms with Gasteiger partial charge in [0.05, 0.1) is 13.2 Å². The van der Waals surface area contributed by atoms with Crippen LogP contribution in [0.2, 0.25) is 0 Å². The number of halogens is 1. The zero-order valence-electron chi connectivity index (χ0n) is 16.3. The van der Waals surface area contributed by atoms with E-state index in [0.29, 0.717) is 32.2 Å². The van der Waals surface area contributed by atoms with Crippen LogP contribution in [0.25, 0.3) is 0 Å². The molecule has 0 bridgehead atoms. The van der Waals surface area contributed by atoms with Crippen molar-refractivity contribution in [3.63, 3.8) is 0 Å². The van der Waals surface area contributed by atoms with E-state index in [9.17, 15) is 4.79 Å². The predicted molar refractivity (Wildman–Crippen MR) is 123 cm³/mol. The number of guanidine groups is 1. The van der Waals surface area contributed by atoms with Gasteiger partial charge >= 0.3 is 6.09 Å². The Morgan fingerprint density at radius 1 is 1.29 bits per heavy atom. The number of likely N-dealkylation sites (tertiary alicyclic amines) is 1. The number of aliphatic imine (C=N–C) groups is 1. The van der Waals surface area contributed by atoms with Crippen LogP contribution >= 0.6 is 24.0 Å². The lowest BCUT2D eigenvalue weighted by Crippen LogP contribution is -2.48. The van der Waals surface area contributed by atoms with Gasteiger partial charge in [-0.1, -0.05) is 24.3 Å². The van der Waals surface area contributed by atoms with Crippen LogP contribution in [0.5, 0.6) is 0 Å². The maximum Gasteiger partial charge on any atom is 0.409 e. The van der Waals surface area contributed by atoms with Crippen LogP contribution in [-0.2, 0) is 11.3 Å². The zero-order chi connectivity index (χ0) is 19.1. The van der Waals surface area contributed by atoms with Gasteiger partial charge in [0.25, 0.3) is 0 Å². The van der Waals surface area contributed by atoms with Gasteiger partial charge < -0.3 is 25.6 Å². The van der Waals surface area contributed by atoms with E-state index >= 15 is 0 Å². The molecule has 0 aliphatic carbocycles. The Balaban J connectivity index is 0.00000280. The highest BCUT2D eigenvalue weighted by atomic mass is 127. The lowest BCUT2D eigenvalue weighted by molar-refractivity contribution is 0.0963. The number of nitrogens with two attached hydrogens (primary N) is 1. The van der Waals surface area contributed by atoms with Crippen LogP contribution in [-0.4, -0.2) is 55.8 Å². The highest BCUT2D eigenvalue weighted by Gasteiger charge is 2.23. The average molecular weight is 499 g/mol. The number of nitrogens with zero attached hydrogens (tertiary/aromatic N) is 3. The van der Waals surface area contributed by atoms with Crippen LogP contribution in [0.4, 0.5) is 10.5 Å². The molecule has 1 fully saturated rings. The summed E-state index contributed by atoms with van der Waals surface area (Å²) in [6, 6.07) is 8.66. The molecular formula is C20H30IN5O2. The van der Waals surface area contributed by atoms with Crippen molar-refractivity contribution < 1.29 is 9.53 Å². The second-order valence-corrected chi connectivity index (χ2v) is 6.85. The maximum absolute atomic E-state index is 11.7. The minimum atomic E-state index is -0.231. The van der Waals surface area contributed by atoms with Crippen LogP contribution in [0.1, 0.15) is 25.3 Å². The van der Waals surface area contributed by atoms with Gasteiger partial charge in [0.15, 0.2) is 5.96 Å². The van der Waals surface area contributed by atoms with E-state index in [4.69, 9.17) is 10.5 Å². The largest absolute Gasteiger partial charge is 0.450 e. The topological polar surface area (TPSA) is 83.2 Å². The lowest BCUT2D eigenvalue weighted by atomic mass is 10.1. The standard InChI is InChI=1S/C20H29N5O2.HI/c1-2-27-20(26)25-12-8-17(9-13-25)23-19(21)22-15-16-6-5-7-18(14-16)24-10-3-4-11-24;/h3-7,14,17H,2,8-13,15H2,1H3,(H3,21,22,23);1H. The second kappa shape index (κ2) is 11.1. The monoisotopic (exact) mass is 499 g/mol. The third-order valence-electron chi connectivity index (χ3n) is 4.90. The molecule has 0 saturated carbocycles. The number of piperidine rings is 1. The Morgan fingerprint density at radius 2 is 2.00 bits per heavy atom. The molecule has 1 saturated heterocycles. The van der Waals surface area contributed by atoms with Gasteiger partial charge in [0.1, 0.15) is 0 Å². The van der Waals surface area contributed by atoms with E-state index in [1.807, 2.05) is 6.92 Å². The van der Waals surface area contributed by atoms with Crippen molar-refractivity contribution in [1.82, 2.24) is 10.2 Å². The SMILES string of the molecule is CCOC(=O)N1CCC(NC(N)=NCc2cccc(N3CC=CC3)c2)CC1.I. The third kappa shape index (κ3) is 6.29. The number of benzene rings is 1. The van der Waals surface area contributed by atoms with Crippen LogP contribution in [0.3, 0.4) is 0 Å². The van der Waals surface area contributed by atoms with Crippen molar-refractivity contribution in [2.75, 3.05) is 37.7 Å². The molecule has 7 nitrogen and oxygen atoms in total. The van der Waals surface area contributed by atoms with Crippen LogP contribution in [0.15, 0.2) is 41.4 Å². The molecule has 0 spiro atoms. The molecule has 3 rings (SSSR count). The molecule has 2 aliphatic rings. The molecule has 154 valence electrons. The number of hydrogen-bond acceptors (Lipinski definition) is 4. The Bertz CT molecular complexity index is 694. The van der Waals surface area contributed by atoms with Crippen LogP contribution < -0.4 is 16.0 Å². The smallest absolute Gasteiger partial charge is 0.409 e. The number of rotatable bonds is 5. The van der Waals surface area contributed by atoms with Gasteiger partial charge in [-0.2, -0.15) is 0 Å². The summed E-state index contributed by atoms with van der Waals surface area (Å²) in [6.45, 7) is 6.05. The number of amides is 1. The molecule has 1 aromatic carbocycles. The fourth-order valence-electron chi connectivity index (χ4n) is 3.39. The zero-order valence-corrected chi connectivity index (χ0v) is 18.7. The average Bonchev–Trinajstić information content (AvgIpc) is 3.22. The molecule has 28 heavy (non-hydrogen) atoms. The number of anilines is 1. The molecule has 1 amide bonds.